The number of para-hydroxylation sites is 2. The van der Waals surface area contributed by atoms with Crippen LogP contribution in [0, 0.1) is 0 Å². The van der Waals surface area contributed by atoms with E-state index in [1.165, 1.54) is 23.1 Å². The average Bonchev–Trinajstić information content (AvgIpc) is 2.87. The Morgan fingerprint density at radius 1 is 1.40 bits per heavy atom. The molecule has 0 radical (unpaired) electrons. The Labute approximate surface area is 125 Å². The van der Waals surface area contributed by atoms with Crippen molar-refractivity contribution in [1.29, 1.82) is 0 Å². The number of rotatable bonds is 7. The number of anilines is 2. The SMILES string of the molecule is CCOc1ccccc1Nc1nnc(SCC(C)=O)s1. The van der Waals surface area contributed by atoms with Gasteiger partial charge < -0.3 is 10.1 Å². The molecule has 0 bridgehead atoms. The van der Waals surface area contributed by atoms with E-state index in [2.05, 4.69) is 15.5 Å². The van der Waals surface area contributed by atoms with E-state index in [-0.39, 0.29) is 5.78 Å². The van der Waals surface area contributed by atoms with E-state index in [1.807, 2.05) is 31.2 Å². The minimum atomic E-state index is 0.126. The molecule has 0 saturated heterocycles. The van der Waals surface area contributed by atoms with Gasteiger partial charge in [0.2, 0.25) is 5.13 Å². The predicted octanol–water partition coefficient (Wildman–Crippen LogP) is 3.36. The molecule has 1 aromatic heterocycles. The second-order valence-corrected chi connectivity index (χ2v) is 6.12. The van der Waals surface area contributed by atoms with Gasteiger partial charge in [-0.3, -0.25) is 4.79 Å². The Kier molecular flexibility index (Phi) is 5.37. The standard InChI is InChI=1S/C13H15N3O2S2/c1-3-18-11-7-5-4-6-10(11)14-12-15-16-13(20-12)19-8-9(2)17/h4-7H,3,8H2,1-2H3,(H,14,15). The maximum Gasteiger partial charge on any atom is 0.210 e. The quantitative estimate of drug-likeness (QED) is 0.791. The van der Waals surface area contributed by atoms with Crippen LogP contribution in [0.1, 0.15) is 13.8 Å². The molecule has 0 unspecified atom stereocenters. The molecule has 7 heteroatoms. The molecule has 106 valence electrons. The third kappa shape index (κ3) is 4.21. The summed E-state index contributed by atoms with van der Waals surface area (Å²) in [5.74, 6) is 1.33. The highest BCUT2D eigenvalue weighted by atomic mass is 32.2. The Balaban J connectivity index is 2.05. The van der Waals surface area contributed by atoms with Crippen LogP contribution in [0.15, 0.2) is 28.6 Å². The minimum absolute atomic E-state index is 0.126. The number of hydrogen-bond acceptors (Lipinski definition) is 7. The van der Waals surface area contributed by atoms with Crippen molar-refractivity contribution in [3.8, 4) is 5.75 Å². The first-order valence-electron chi connectivity index (χ1n) is 6.13. The molecule has 0 aliphatic heterocycles. The molecule has 1 aromatic carbocycles. The van der Waals surface area contributed by atoms with Crippen LogP contribution >= 0.6 is 23.1 Å². The zero-order valence-electron chi connectivity index (χ0n) is 11.3. The number of nitrogens with zero attached hydrogens (tertiary/aromatic N) is 2. The Morgan fingerprint density at radius 2 is 2.20 bits per heavy atom. The predicted molar refractivity (Wildman–Crippen MR) is 82.2 cm³/mol. The van der Waals surface area contributed by atoms with Gasteiger partial charge >= 0.3 is 0 Å². The molecule has 0 spiro atoms. The van der Waals surface area contributed by atoms with Gasteiger partial charge in [-0.1, -0.05) is 35.2 Å². The van der Waals surface area contributed by atoms with Crippen molar-refractivity contribution >= 4 is 39.7 Å². The fourth-order valence-electron chi connectivity index (χ4n) is 1.45. The van der Waals surface area contributed by atoms with E-state index in [0.29, 0.717) is 17.5 Å². The lowest BCUT2D eigenvalue weighted by atomic mass is 10.3. The van der Waals surface area contributed by atoms with Crippen molar-refractivity contribution in [3.63, 3.8) is 0 Å². The Morgan fingerprint density at radius 3 is 2.95 bits per heavy atom. The molecule has 20 heavy (non-hydrogen) atoms. The van der Waals surface area contributed by atoms with Gasteiger partial charge in [0, 0.05) is 0 Å². The van der Waals surface area contributed by atoms with Crippen molar-refractivity contribution < 1.29 is 9.53 Å². The van der Waals surface area contributed by atoms with Gasteiger partial charge in [-0.05, 0) is 26.0 Å². The van der Waals surface area contributed by atoms with Crippen LogP contribution in [-0.4, -0.2) is 28.3 Å². The number of thioether (sulfide) groups is 1. The zero-order chi connectivity index (χ0) is 14.4. The van der Waals surface area contributed by atoms with E-state index in [1.54, 1.807) is 6.92 Å². The monoisotopic (exact) mass is 309 g/mol. The van der Waals surface area contributed by atoms with Gasteiger partial charge in [-0.25, -0.2) is 0 Å². The van der Waals surface area contributed by atoms with Crippen LogP contribution in [0.2, 0.25) is 0 Å². The average molecular weight is 309 g/mol. The molecule has 5 nitrogen and oxygen atoms in total. The maximum absolute atomic E-state index is 10.9. The summed E-state index contributed by atoms with van der Waals surface area (Å²) >= 11 is 2.82. The van der Waals surface area contributed by atoms with Gasteiger partial charge in [0.15, 0.2) is 4.34 Å². The molecule has 0 atom stereocenters. The number of ketones is 1. The van der Waals surface area contributed by atoms with E-state index in [0.717, 1.165) is 15.8 Å². The topological polar surface area (TPSA) is 64.1 Å². The Hall–Kier alpha value is -1.60. The molecule has 2 aromatic rings. The second-order valence-electron chi connectivity index (χ2n) is 3.92. The highest BCUT2D eigenvalue weighted by Crippen LogP contribution is 2.31. The highest BCUT2D eigenvalue weighted by Gasteiger charge is 2.08. The third-order valence-electron chi connectivity index (χ3n) is 2.23. The lowest BCUT2D eigenvalue weighted by molar-refractivity contribution is -0.114. The molecule has 0 aliphatic rings. The molecule has 0 amide bonds. The number of hydrogen-bond donors (Lipinski definition) is 1. The summed E-state index contributed by atoms with van der Waals surface area (Å²) in [5, 5.41) is 12.0. The summed E-state index contributed by atoms with van der Waals surface area (Å²) in [6.07, 6.45) is 0. The van der Waals surface area contributed by atoms with Gasteiger partial charge in [0.1, 0.15) is 11.5 Å². The molecule has 2 rings (SSSR count). The van der Waals surface area contributed by atoms with Crippen molar-refractivity contribution in [1.82, 2.24) is 10.2 Å². The van der Waals surface area contributed by atoms with Crippen molar-refractivity contribution in [2.24, 2.45) is 0 Å². The largest absolute Gasteiger partial charge is 0.492 e. The first-order valence-corrected chi connectivity index (χ1v) is 7.94. The number of nitrogens with one attached hydrogen (secondary N) is 1. The highest BCUT2D eigenvalue weighted by molar-refractivity contribution is 8.01. The van der Waals surface area contributed by atoms with Crippen LogP contribution in [0.25, 0.3) is 0 Å². The molecule has 0 fully saturated rings. The van der Waals surface area contributed by atoms with Gasteiger partial charge in [0.25, 0.3) is 0 Å². The number of benzene rings is 1. The van der Waals surface area contributed by atoms with E-state index in [4.69, 9.17) is 4.74 Å². The summed E-state index contributed by atoms with van der Waals surface area (Å²) < 4.78 is 6.31. The number of carbonyl (C=O) groups excluding carboxylic acids is 1. The number of Topliss-reactive ketones (excluding diaryl/α,β-unsaturated/α-hetero) is 1. The lowest BCUT2D eigenvalue weighted by Gasteiger charge is -2.09. The molecule has 1 heterocycles. The van der Waals surface area contributed by atoms with Gasteiger partial charge in [-0.2, -0.15) is 0 Å². The smallest absolute Gasteiger partial charge is 0.210 e. The summed E-state index contributed by atoms with van der Waals surface area (Å²) in [5.41, 5.74) is 0.855. The van der Waals surface area contributed by atoms with Crippen molar-refractivity contribution in [3.05, 3.63) is 24.3 Å². The molecular weight excluding hydrogens is 294 g/mol. The maximum atomic E-state index is 10.9. The second kappa shape index (κ2) is 7.25. The van der Waals surface area contributed by atoms with Crippen LogP contribution in [0.4, 0.5) is 10.8 Å². The third-order valence-corrected chi connectivity index (χ3v) is 4.35. The zero-order valence-corrected chi connectivity index (χ0v) is 12.9. The number of aromatic nitrogens is 2. The van der Waals surface area contributed by atoms with Crippen molar-refractivity contribution in [2.45, 2.75) is 18.2 Å². The number of ether oxygens (including phenoxy) is 1. The van der Waals surface area contributed by atoms with Crippen LogP contribution in [0.3, 0.4) is 0 Å². The van der Waals surface area contributed by atoms with Crippen LogP contribution in [-0.2, 0) is 4.79 Å². The van der Waals surface area contributed by atoms with E-state index < -0.39 is 0 Å². The summed E-state index contributed by atoms with van der Waals surface area (Å²) in [6, 6.07) is 7.68. The molecule has 0 aliphatic carbocycles. The van der Waals surface area contributed by atoms with Crippen LogP contribution < -0.4 is 10.1 Å². The normalized spacial score (nSPS) is 10.3. The van der Waals surface area contributed by atoms with Crippen LogP contribution in [0.5, 0.6) is 5.75 Å². The fraction of sp³-hybridized carbons (Fsp3) is 0.308. The summed E-state index contributed by atoms with van der Waals surface area (Å²) in [6.45, 7) is 4.11. The van der Waals surface area contributed by atoms with Gasteiger partial charge in [-0.15, -0.1) is 10.2 Å². The lowest BCUT2D eigenvalue weighted by Crippen LogP contribution is -1.97. The van der Waals surface area contributed by atoms with Gasteiger partial charge in [0.05, 0.1) is 18.0 Å². The first-order chi connectivity index (χ1) is 9.69. The number of carbonyl (C=O) groups is 1. The minimum Gasteiger partial charge on any atom is -0.492 e. The molecule has 1 N–H and O–H groups in total. The van der Waals surface area contributed by atoms with Crippen molar-refractivity contribution in [2.75, 3.05) is 17.7 Å². The first kappa shape index (κ1) is 14.8. The molecular formula is C13H15N3O2S2. The van der Waals surface area contributed by atoms with E-state index in [9.17, 15) is 4.79 Å². The summed E-state index contributed by atoms with van der Waals surface area (Å²) in [4.78, 5) is 10.9. The Bertz CT molecular complexity index is 587. The fourth-order valence-corrected chi connectivity index (χ4v) is 3.01. The molecule has 0 saturated carbocycles. The summed E-state index contributed by atoms with van der Waals surface area (Å²) in [7, 11) is 0. The van der Waals surface area contributed by atoms with E-state index >= 15 is 0 Å².